The molecule has 0 saturated carbocycles. The Balaban J connectivity index is 1.99. The Kier molecular flexibility index (Phi) is 4.24. The minimum Gasteiger partial charge on any atom is -0.349 e. The maximum Gasteiger partial charge on any atom is 0.173 e. The normalized spacial score (nSPS) is 15.8. The molecule has 0 spiro atoms. The molecular weight excluding hydrogens is 252 g/mol. The van der Waals surface area contributed by atoms with Gasteiger partial charge in [0, 0.05) is 23.8 Å². The quantitative estimate of drug-likeness (QED) is 0.780. The Labute approximate surface area is 113 Å². The van der Waals surface area contributed by atoms with E-state index >= 15 is 0 Å². The van der Waals surface area contributed by atoms with Crippen molar-refractivity contribution >= 4 is 34.6 Å². The molecule has 17 heavy (non-hydrogen) atoms. The third-order valence-electron chi connectivity index (χ3n) is 3.07. The molecule has 0 radical (unpaired) electrons. The van der Waals surface area contributed by atoms with Crippen LogP contribution in [0.25, 0.3) is 0 Å². The third-order valence-corrected chi connectivity index (χ3v) is 3.83. The lowest BCUT2D eigenvalue weighted by Crippen LogP contribution is -2.38. The maximum absolute atomic E-state index is 6.09. The van der Waals surface area contributed by atoms with E-state index in [0.29, 0.717) is 0 Å². The summed E-state index contributed by atoms with van der Waals surface area (Å²) in [7, 11) is 0. The van der Waals surface area contributed by atoms with E-state index in [0.717, 1.165) is 34.5 Å². The van der Waals surface area contributed by atoms with Crippen molar-refractivity contribution in [2.24, 2.45) is 0 Å². The fourth-order valence-corrected chi connectivity index (χ4v) is 2.45. The molecule has 0 amide bonds. The zero-order chi connectivity index (χ0) is 12.3. The van der Waals surface area contributed by atoms with E-state index in [4.69, 9.17) is 23.8 Å². The Morgan fingerprint density at radius 1 is 1.29 bits per heavy atom. The lowest BCUT2D eigenvalue weighted by atomic mass is 10.1. The summed E-state index contributed by atoms with van der Waals surface area (Å²) < 4.78 is 0. The van der Waals surface area contributed by atoms with Crippen LogP contribution in [0, 0.1) is 6.92 Å². The van der Waals surface area contributed by atoms with Gasteiger partial charge in [0.05, 0.1) is 0 Å². The van der Waals surface area contributed by atoms with Crippen molar-refractivity contribution in [3.05, 3.63) is 28.8 Å². The summed E-state index contributed by atoms with van der Waals surface area (Å²) in [6.07, 6.45) is 3.78. The second-order valence-electron chi connectivity index (χ2n) is 4.44. The highest BCUT2D eigenvalue weighted by Crippen LogP contribution is 2.20. The van der Waals surface area contributed by atoms with Gasteiger partial charge in [0.2, 0.25) is 0 Å². The van der Waals surface area contributed by atoms with E-state index in [1.165, 1.54) is 19.3 Å². The molecule has 0 aromatic heterocycles. The number of anilines is 1. The Hall–Kier alpha value is -0.800. The maximum atomic E-state index is 6.09. The molecular formula is C13H17ClN2S. The summed E-state index contributed by atoms with van der Waals surface area (Å²) in [5.41, 5.74) is 2.05. The smallest absolute Gasteiger partial charge is 0.173 e. The van der Waals surface area contributed by atoms with Gasteiger partial charge >= 0.3 is 0 Å². The molecule has 1 aromatic carbocycles. The molecule has 0 bridgehead atoms. The van der Waals surface area contributed by atoms with Crippen LogP contribution in [-0.2, 0) is 0 Å². The van der Waals surface area contributed by atoms with Crippen LogP contribution in [0.15, 0.2) is 18.2 Å². The summed E-state index contributed by atoms with van der Waals surface area (Å²) in [5.74, 6) is 0. The van der Waals surface area contributed by atoms with Crippen molar-refractivity contribution in [2.75, 3.05) is 18.4 Å². The molecule has 1 aliphatic heterocycles. The Morgan fingerprint density at radius 2 is 2.00 bits per heavy atom. The van der Waals surface area contributed by atoms with Crippen LogP contribution in [0.4, 0.5) is 5.69 Å². The zero-order valence-electron chi connectivity index (χ0n) is 10.0. The first-order chi connectivity index (χ1) is 8.16. The van der Waals surface area contributed by atoms with Crippen molar-refractivity contribution in [1.82, 2.24) is 4.90 Å². The standard InChI is InChI=1S/C13H17ClN2S/c1-10-5-6-11(9-12(10)14)15-13(17)16-7-3-2-4-8-16/h5-6,9H,2-4,7-8H2,1H3,(H,15,17). The summed E-state index contributed by atoms with van der Waals surface area (Å²) in [6.45, 7) is 4.12. The van der Waals surface area contributed by atoms with E-state index in [1.54, 1.807) is 0 Å². The molecule has 0 atom stereocenters. The van der Waals surface area contributed by atoms with Crippen molar-refractivity contribution in [2.45, 2.75) is 26.2 Å². The van der Waals surface area contributed by atoms with Crippen molar-refractivity contribution < 1.29 is 0 Å². The van der Waals surface area contributed by atoms with Crippen molar-refractivity contribution in [3.63, 3.8) is 0 Å². The summed E-state index contributed by atoms with van der Waals surface area (Å²) in [6, 6.07) is 5.94. The van der Waals surface area contributed by atoms with Gasteiger partial charge in [-0.15, -0.1) is 0 Å². The second-order valence-corrected chi connectivity index (χ2v) is 5.24. The monoisotopic (exact) mass is 268 g/mol. The van der Waals surface area contributed by atoms with Gasteiger partial charge in [0.25, 0.3) is 0 Å². The first-order valence-corrected chi connectivity index (χ1v) is 6.77. The molecule has 1 saturated heterocycles. The number of likely N-dealkylation sites (tertiary alicyclic amines) is 1. The number of aryl methyl sites for hydroxylation is 1. The van der Waals surface area contributed by atoms with Gasteiger partial charge in [-0.05, 0) is 56.1 Å². The van der Waals surface area contributed by atoms with Gasteiger partial charge in [0.15, 0.2) is 5.11 Å². The average Bonchev–Trinajstić information content (AvgIpc) is 2.35. The van der Waals surface area contributed by atoms with E-state index in [2.05, 4.69) is 10.2 Å². The van der Waals surface area contributed by atoms with Crippen LogP contribution >= 0.6 is 23.8 Å². The van der Waals surface area contributed by atoms with E-state index in [1.807, 2.05) is 25.1 Å². The van der Waals surface area contributed by atoms with Crippen LogP contribution in [0.5, 0.6) is 0 Å². The molecule has 2 nitrogen and oxygen atoms in total. The molecule has 1 heterocycles. The van der Waals surface area contributed by atoms with Gasteiger partial charge < -0.3 is 10.2 Å². The molecule has 0 unspecified atom stereocenters. The molecule has 1 aliphatic rings. The van der Waals surface area contributed by atoms with Crippen molar-refractivity contribution in [1.29, 1.82) is 0 Å². The number of nitrogens with one attached hydrogen (secondary N) is 1. The molecule has 1 N–H and O–H groups in total. The molecule has 4 heteroatoms. The van der Waals surface area contributed by atoms with Gasteiger partial charge in [-0.2, -0.15) is 0 Å². The van der Waals surface area contributed by atoms with Crippen molar-refractivity contribution in [3.8, 4) is 0 Å². The predicted octanol–water partition coefficient (Wildman–Crippen LogP) is 3.83. The number of thiocarbonyl (C=S) groups is 1. The molecule has 1 fully saturated rings. The average molecular weight is 269 g/mol. The topological polar surface area (TPSA) is 15.3 Å². The van der Waals surface area contributed by atoms with Crippen LogP contribution < -0.4 is 5.32 Å². The minimum absolute atomic E-state index is 0.774. The number of piperidine rings is 1. The SMILES string of the molecule is Cc1ccc(NC(=S)N2CCCCC2)cc1Cl. The number of halogens is 1. The number of hydrogen-bond donors (Lipinski definition) is 1. The number of hydrogen-bond acceptors (Lipinski definition) is 1. The molecule has 0 aliphatic carbocycles. The highest BCUT2D eigenvalue weighted by molar-refractivity contribution is 7.80. The summed E-state index contributed by atoms with van der Waals surface area (Å²) in [5, 5.41) is 4.84. The van der Waals surface area contributed by atoms with Crippen LogP contribution in [0.3, 0.4) is 0 Å². The van der Waals surface area contributed by atoms with Gasteiger partial charge in [0.1, 0.15) is 0 Å². The Bertz CT molecular complexity index is 414. The second kappa shape index (κ2) is 5.69. The number of rotatable bonds is 1. The molecule has 2 rings (SSSR count). The molecule has 92 valence electrons. The molecule has 1 aromatic rings. The van der Waals surface area contributed by atoms with Crippen LogP contribution in [0.1, 0.15) is 24.8 Å². The largest absolute Gasteiger partial charge is 0.349 e. The zero-order valence-corrected chi connectivity index (χ0v) is 11.6. The first-order valence-electron chi connectivity index (χ1n) is 5.99. The predicted molar refractivity (Wildman–Crippen MR) is 77.8 cm³/mol. The van der Waals surface area contributed by atoms with Crippen LogP contribution in [-0.4, -0.2) is 23.1 Å². The number of nitrogens with zero attached hydrogens (tertiary/aromatic N) is 1. The van der Waals surface area contributed by atoms with Crippen LogP contribution in [0.2, 0.25) is 5.02 Å². The summed E-state index contributed by atoms with van der Waals surface area (Å²) >= 11 is 11.5. The van der Waals surface area contributed by atoms with Gasteiger partial charge in [-0.25, -0.2) is 0 Å². The highest BCUT2D eigenvalue weighted by atomic mass is 35.5. The van der Waals surface area contributed by atoms with Gasteiger partial charge in [-0.3, -0.25) is 0 Å². The van der Waals surface area contributed by atoms with E-state index in [9.17, 15) is 0 Å². The van der Waals surface area contributed by atoms with Gasteiger partial charge in [-0.1, -0.05) is 17.7 Å². The number of benzene rings is 1. The fourth-order valence-electron chi connectivity index (χ4n) is 1.97. The lowest BCUT2D eigenvalue weighted by Gasteiger charge is -2.29. The minimum atomic E-state index is 0.774. The highest BCUT2D eigenvalue weighted by Gasteiger charge is 2.13. The summed E-state index contributed by atoms with van der Waals surface area (Å²) in [4.78, 5) is 2.23. The Morgan fingerprint density at radius 3 is 2.65 bits per heavy atom. The third kappa shape index (κ3) is 3.33. The van der Waals surface area contributed by atoms with E-state index in [-0.39, 0.29) is 0 Å². The first kappa shape index (κ1) is 12.7. The fraction of sp³-hybridized carbons (Fsp3) is 0.462. The van der Waals surface area contributed by atoms with E-state index < -0.39 is 0 Å². The lowest BCUT2D eigenvalue weighted by molar-refractivity contribution is 0.346.